The summed E-state index contributed by atoms with van der Waals surface area (Å²) in [5.74, 6) is -0.430. The third-order valence-electron chi connectivity index (χ3n) is 5.29. The van der Waals surface area contributed by atoms with Crippen molar-refractivity contribution in [3.05, 3.63) is 57.3 Å². The maximum Gasteiger partial charge on any atom is 0.295 e. The van der Waals surface area contributed by atoms with Crippen LogP contribution in [0.5, 0.6) is 5.75 Å². The van der Waals surface area contributed by atoms with Gasteiger partial charge in [-0.15, -0.1) is 11.3 Å². The van der Waals surface area contributed by atoms with Crippen molar-refractivity contribution in [3.63, 3.8) is 0 Å². The molecule has 1 fully saturated rings. The number of hydrogen-bond donors (Lipinski definition) is 1. The summed E-state index contributed by atoms with van der Waals surface area (Å²) in [6, 6.07) is 8.74. The number of carbonyl (C=O) groups excluding carboxylic acids is 2. The Morgan fingerprint density at radius 2 is 2.18 bits per heavy atom. The van der Waals surface area contributed by atoms with Gasteiger partial charge >= 0.3 is 0 Å². The van der Waals surface area contributed by atoms with Gasteiger partial charge in [0.1, 0.15) is 11.5 Å². The predicted octanol–water partition coefficient (Wildman–Crippen LogP) is 4.29. The second-order valence-electron chi connectivity index (χ2n) is 7.14. The molecule has 1 atom stereocenters. The van der Waals surface area contributed by atoms with Gasteiger partial charge in [-0.3, -0.25) is 9.59 Å². The lowest BCUT2D eigenvalue weighted by Crippen LogP contribution is -2.30. The highest BCUT2D eigenvalue weighted by molar-refractivity contribution is 7.10. The van der Waals surface area contributed by atoms with Crippen LogP contribution in [-0.4, -0.2) is 34.8 Å². The van der Waals surface area contributed by atoms with Gasteiger partial charge in [-0.1, -0.05) is 19.4 Å². The number of ketones is 1. The van der Waals surface area contributed by atoms with Crippen LogP contribution in [0.25, 0.3) is 5.76 Å². The van der Waals surface area contributed by atoms with E-state index in [1.165, 1.54) is 11.3 Å². The van der Waals surface area contributed by atoms with Crippen molar-refractivity contribution in [1.29, 1.82) is 0 Å². The van der Waals surface area contributed by atoms with E-state index in [1.54, 1.807) is 11.0 Å². The molecule has 2 aliphatic heterocycles. The van der Waals surface area contributed by atoms with Gasteiger partial charge in [-0.05, 0) is 54.5 Å². The van der Waals surface area contributed by atoms with Gasteiger partial charge in [-0.25, -0.2) is 0 Å². The molecule has 1 saturated heterocycles. The summed E-state index contributed by atoms with van der Waals surface area (Å²) in [5.41, 5.74) is 1.75. The van der Waals surface area contributed by atoms with Crippen LogP contribution >= 0.6 is 11.3 Å². The van der Waals surface area contributed by atoms with E-state index in [1.807, 2.05) is 36.6 Å². The Morgan fingerprint density at radius 1 is 1.32 bits per heavy atom. The maximum atomic E-state index is 12.9. The van der Waals surface area contributed by atoms with Crippen LogP contribution in [0.15, 0.2) is 41.3 Å². The number of hydrogen-bond acceptors (Lipinski definition) is 5. The van der Waals surface area contributed by atoms with E-state index in [-0.39, 0.29) is 11.3 Å². The average Bonchev–Trinajstić information content (AvgIpc) is 3.33. The Hall–Kier alpha value is -2.60. The largest absolute Gasteiger partial charge is 0.507 e. The molecule has 0 spiro atoms. The van der Waals surface area contributed by atoms with Crippen LogP contribution < -0.4 is 4.74 Å². The zero-order valence-corrected chi connectivity index (χ0v) is 16.6. The third-order valence-corrected chi connectivity index (χ3v) is 6.21. The fourth-order valence-electron chi connectivity index (χ4n) is 3.84. The molecule has 2 aromatic rings. The first-order chi connectivity index (χ1) is 13.6. The fraction of sp³-hybridized carbons (Fsp3) is 0.364. The van der Waals surface area contributed by atoms with Gasteiger partial charge < -0.3 is 14.7 Å². The van der Waals surface area contributed by atoms with Gasteiger partial charge in [0.05, 0.1) is 18.2 Å². The van der Waals surface area contributed by atoms with Crippen molar-refractivity contribution in [1.82, 2.24) is 4.90 Å². The van der Waals surface area contributed by atoms with Crippen LogP contribution in [0.3, 0.4) is 0 Å². The Bertz CT molecular complexity index is 932. The van der Waals surface area contributed by atoms with Gasteiger partial charge in [0.25, 0.3) is 11.7 Å². The van der Waals surface area contributed by atoms with Gasteiger partial charge in [-0.2, -0.15) is 0 Å². The molecule has 6 heteroatoms. The van der Waals surface area contributed by atoms with E-state index in [0.717, 1.165) is 41.9 Å². The van der Waals surface area contributed by atoms with Gasteiger partial charge in [0.15, 0.2) is 0 Å². The highest BCUT2D eigenvalue weighted by Crippen LogP contribution is 2.41. The number of aryl methyl sites for hydroxylation is 1. The number of aliphatic hydroxyl groups is 1. The molecule has 146 valence electrons. The second kappa shape index (κ2) is 7.80. The number of thiophene rings is 1. The van der Waals surface area contributed by atoms with Crippen LogP contribution in [0.1, 0.15) is 48.2 Å². The molecular weight excluding hydrogens is 374 g/mol. The van der Waals surface area contributed by atoms with E-state index in [0.29, 0.717) is 18.7 Å². The van der Waals surface area contributed by atoms with Crippen molar-refractivity contribution in [3.8, 4) is 5.75 Å². The first-order valence-electron chi connectivity index (χ1n) is 9.69. The number of Topliss-reactive ketones (excluding diaryl/α,β-unsaturated/α-hetero) is 1. The summed E-state index contributed by atoms with van der Waals surface area (Å²) in [6.07, 6.45) is 3.53. The lowest BCUT2D eigenvalue weighted by atomic mass is 9.97. The van der Waals surface area contributed by atoms with E-state index < -0.39 is 17.7 Å². The normalized spacial score (nSPS) is 20.9. The van der Waals surface area contributed by atoms with Crippen LogP contribution in [-0.2, 0) is 16.0 Å². The molecule has 0 saturated carbocycles. The molecule has 28 heavy (non-hydrogen) atoms. The number of ether oxygens (including phenoxy) is 1. The SMILES string of the molecule is CCCCN1C(=O)C(=O)/C(=C(\O)c2ccc3c(c2)CCCO3)C1c1cccs1. The lowest BCUT2D eigenvalue weighted by Gasteiger charge is -2.24. The smallest absolute Gasteiger partial charge is 0.295 e. The number of aliphatic hydroxyl groups excluding tert-OH is 1. The highest BCUT2D eigenvalue weighted by Gasteiger charge is 2.46. The first-order valence-corrected chi connectivity index (χ1v) is 10.6. The molecule has 5 nitrogen and oxygen atoms in total. The molecule has 1 aromatic carbocycles. The summed E-state index contributed by atoms with van der Waals surface area (Å²) in [4.78, 5) is 28.1. The lowest BCUT2D eigenvalue weighted by molar-refractivity contribution is -0.139. The van der Waals surface area contributed by atoms with E-state index in [4.69, 9.17) is 4.74 Å². The van der Waals surface area contributed by atoms with E-state index in [2.05, 4.69) is 0 Å². The van der Waals surface area contributed by atoms with E-state index >= 15 is 0 Å². The zero-order chi connectivity index (χ0) is 19.7. The van der Waals surface area contributed by atoms with Crippen molar-refractivity contribution < 1.29 is 19.4 Å². The molecule has 1 unspecified atom stereocenters. The number of amides is 1. The molecule has 4 rings (SSSR count). The van der Waals surface area contributed by atoms with Crippen LogP contribution in [0.4, 0.5) is 0 Å². The summed E-state index contributed by atoms with van der Waals surface area (Å²) in [6.45, 7) is 3.24. The minimum atomic E-state index is -0.610. The highest BCUT2D eigenvalue weighted by atomic mass is 32.1. The molecular formula is C22H23NO4S. The monoisotopic (exact) mass is 397 g/mol. The first kappa shape index (κ1) is 18.7. The molecule has 1 aromatic heterocycles. The molecule has 0 aliphatic carbocycles. The summed E-state index contributed by atoms with van der Waals surface area (Å²) in [7, 11) is 0. The number of fused-ring (bicyclic) bond motifs is 1. The number of rotatable bonds is 5. The molecule has 0 radical (unpaired) electrons. The molecule has 3 heterocycles. The summed E-state index contributed by atoms with van der Waals surface area (Å²) >= 11 is 1.49. The van der Waals surface area contributed by atoms with Crippen molar-refractivity contribution in [2.75, 3.05) is 13.2 Å². The molecule has 0 bridgehead atoms. The van der Waals surface area contributed by atoms with Crippen molar-refractivity contribution in [2.45, 2.75) is 38.6 Å². The van der Waals surface area contributed by atoms with Gasteiger partial charge in [0.2, 0.25) is 0 Å². The Kier molecular flexibility index (Phi) is 5.22. The predicted molar refractivity (Wildman–Crippen MR) is 108 cm³/mol. The topological polar surface area (TPSA) is 66.8 Å². The number of nitrogens with zero attached hydrogens (tertiary/aromatic N) is 1. The minimum Gasteiger partial charge on any atom is -0.507 e. The molecule has 1 N–H and O–H groups in total. The summed E-state index contributed by atoms with van der Waals surface area (Å²) in [5, 5.41) is 13.0. The average molecular weight is 397 g/mol. The number of unbranched alkanes of at least 4 members (excludes halogenated alkanes) is 1. The summed E-state index contributed by atoms with van der Waals surface area (Å²) < 4.78 is 5.64. The molecule has 1 amide bonds. The Labute approximate surface area is 168 Å². The van der Waals surface area contributed by atoms with Crippen LogP contribution in [0.2, 0.25) is 0 Å². The minimum absolute atomic E-state index is 0.107. The standard InChI is InChI=1S/C22H23NO4S/c1-2-3-10-23-19(17-7-5-12-28-17)18(21(25)22(23)26)20(24)15-8-9-16-14(13-15)6-4-11-27-16/h5,7-9,12-13,19,24H,2-4,6,10-11H2,1H3/b20-18-. The zero-order valence-electron chi connectivity index (χ0n) is 15.8. The Morgan fingerprint density at radius 3 is 2.93 bits per heavy atom. The second-order valence-corrected chi connectivity index (χ2v) is 8.12. The quantitative estimate of drug-likeness (QED) is 0.464. The van der Waals surface area contributed by atoms with E-state index in [9.17, 15) is 14.7 Å². The maximum absolute atomic E-state index is 12.9. The number of carbonyl (C=O) groups is 2. The molecule has 2 aliphatic rings. The van der Waals surface area contributed by atoms with Crippen molar-refractivity contribution >= 4 is 28.8 Å². The third kappa shape index (κ3) is 3.22. The van der Waals surface area contributed by atoms with Crippen molar-refractivity contribution in [2.24, 2.45) is 0 Å². The van der Waals surface area contributed by atoms with Crippen LogP contribution in [0, 0.1) is 0 Å². The number of likely N-dealkylation sites (tertiary alicyclic amines) is 1. The van der Waals surface area contributed by atoms with Gasteiger partial charge in [0, 0.05) is 17.0 Å². The fourth-order valence-corrected chi connectivity index (χ4v) is 4.69. The number of benzene rings is 1. The Balaban J connectivity index is 1.80.